The van der Waals surface area contributed by atoms with Crippen molar-refractivity contribution in [2.45, 2.75) is 13.8 Å². The minimum atomic E-state index is 0. The third-order valence-electron chi connectivity index (χ3n) is 0.408. The van der Waals surface area contributed by atoms with Gasteiger partial charge in [-0.05, 0) is 20.8 Å². The Morgan fingerprint density at radius 1 is 1.50 bits per heavy atom. The van der Waals surface area contributed by atoms with Gasteiger partial charge in [0.05, 0.1) is 0 Å². The third kappa shape index (κ3) is 8.86. The van der Waals surface area contributed by atoms with E-state index in [4.69, 9.17) is 0 Å². The lowest BCUT2D eigenvalue weighted by Crippen LogP contribution is -1.52. The van der Waals surface area contributed by atoms with Crippen molar-refractivity contribution in [2.24, 2.45) is 0 Å². The van der Waals surface area contributed by atoms with Gasteiger partial charge >= 0.3 is 0 Å². The lowest BCUT2D eigenvalue weighted by Gasteiger charge is -1.73. The molecule has 0 rings (SSSR count). The zero-order valence-corrected chi connectivity index (χ0v) is 3.78. The maximum Gasteiger partial charge on any atom is 0.187 e. The highest BCUT2D eigenvalue weighted by Crippen LogP contribution is 1.82. The monoisotopic (exact) mass is 99.1 g/mol. The molecule has 0 aliphatic heterocycles. The highest BCUT2D eigenvalue weighted by atomic mass is 27.0. The molecule has 0 aromatic rings. The molecule has 0 saturated heterocycles. The summed E-state index contributed by atoms with van der Waals surface area (Å²) in [4.78, 5) is 0. The second-order valence-electron chi connectivity index (χ2n) is 1.28. The Morgan fingerprint density at radius 2 is 1.67 bits per heavy atom. The van der Waals surface area contributed by atoms with E-state index in [0.717, 1.165) is 0 Å². The molecule has 0 unspecified atom stereocenters. The molecular weight excluding hydrogens is 87.0 g/mol. The SMILES string of the molecule is [AlH3].[CH2]C=C(C)C. The summed E-state index contributed by atoms with van der Waals surface area (Å²) >= 11 is 0. The van der Waals surface area contributed by atoms with E-state index in [0.29, 0.717) is 0 Å². The molecule has 1 radical (unpaired) electrons. The van der Waals surface area contributed by atoms with Gasteiger partial charge in [-0.1, -0.05) is 11.6 Å². The molecule has 35 valence electrons. The zero-order valence-electron chi connectivity index (χ0n) is 3.78. The quantitative estimate of drug-likeness (QED) is 0.390. The van der Waals surface area contributed by atoms with Crippen molar-refractivity contribution in [1.82, 2.24) is 0 Å². The second kappa shape index (κ2) is 5.27. The molecule has 0 spiro atoms. The fourth-order valence-electron chi connectivity index (χ4n) is 0. The number of rotatable bonds is 0. The van der Waals surface area contributed by atoms with Crippen LogP contribution in [-0.2, 0) is 0 Å². The van der Waals surface area contributed by atoms with Crippen LogP contribution in [0.5, 0.6) is 0 Å². The summed E-state index contributed by atoms with van der Waals surface area (Å²) in [5.41, 5.74) is 1.27. The van der Waals surface area contributed by atoms with Crippen LogP contribution in [0, 0.1) is 6.92 Å². The molecule has 0 aliphatic carbocycles. The smallest absolute Gasteiger partial charge is 0.0856 e. The topological polar surface area (TPSA) is 0 Å². The Hall–Kier alpha value is 0.272. The normalized spacial score (nSPS) is 5.83. The van der Waals surface area contributed by atoms with Crippen LogP contribution in [0.4, 0.5) is 0 Å². The Morgan fingerprint density at radius 3 is 1.67 bits per heavy atom. The van der Waals surface area contributed by atoms with E-state index in [-0.39, 0.29) is 17.4 Å². The van der Waals surface area contributed by atoms with E-state index in [1.807, 2.05) is 19.9 Å². The van der Waals surface area contributed by atoms with Crippen molar-refractivity contribution in [3.8, 4) is 0 Å². The van der Waals surface area contributed by atoms with Gasteiger partial charge in [-0.3, -0.25) is 0 Å². The molecule has 0 atom stereocenters. The first kappa shape index (κ1) is 9.55. The van der Waals surface area contributed by atoms with Gasteiger partial charge in [0.15, 0.2) is 17.4 Å². The second-order valence-corrected chi connectivity index (χ2v) is 1.28. The fourth-order valence-corrected chi connectivity index (χ4v) is 0. The third-order valence-corrected chi connectivity index (χ3v) is 0.408. The van der Waals surface area contributed by atoms with Gasteiger partial charge in [-0.25, -0.2) is 0 Å². The van der Waals surface area contributed by atoms with Crippen molar-refractivity contribution >= 4 is 17.4 Å². The first-order valence-electron chi connectivity index (χ1n) is 1.70. The van der Waals surface area contributed by atoms with Gasteiger partial charge in [0.2, 0.25) is 0 Å². The standard InChI is InChI=1S/C5H9.Al.3H/c1-4-5(2)3;;;;/h4H,1H2,2-3H3;;;;. The predicted octanol–water partition coefficient (Wildman–Crippen LogP) is 0.603. The molecule has 0 aromatic carbocycles. The van der Waals surface area contributed by atoms with Gasteiger partial charge in [-0.2, -0.15) is 0 Å². The molecule has 6 heavy (non-hydrogen) atoms. The largest absolute Gasteiger partial charge is 0.187 e. The Labute approximate surface area is 50.4 Å². The van der Waals surface area contributed by atoms with Gasteiger partial charge in [0, 0.05) is 0 Å². The molecule has 0 bridgehead atoms. The lowest BCUT2D eigenvalue weighted by atomic mass is 10.3. The van der Waals surface area contributed by atoms with Crippen molar-refractivity contribution in [3.63, 3.8) is 0 Å². The van der Waals surface area contributed by atoms with Gasteiger partial charge in [0.1, 0.15) is 0 Å². The molecule has 1 heteroatoms. The van der Waals surface area contributed by atoms with Crippen LogP contribution in [0.2, 0.25) is 0 Å². The summed E-state index contributed by atoms with van der Waals surface area (Å²) < 4.78 is 0. The minimum Gasteiger partial charge on any atom is -0.0856 e. The lowest BCUT2D eigenvalue weighted by molar-refractivity contribution is 1.39. The van der Waals surface area contributed by atoms with Gasteiger partial charge in [0.25, 0.3) is 0 Å². The zero-order chi connectivity index (χ0) is 4.28. The number of allylic oxidation sites excluding steroid dienone is 2. The van der Waals surface area contributed by atoms with Gasteiger partial charge < -0.3 is 0 Å². The molecule has 0 amide bonds. The Kier molecular flexibility index (Phi) is 8.39. The molecule has 0 saturated carbocycles. The summed E-state index contributed by atoms with van der Waals surface area (Å²) in [6, 6.07) is 0. The van der Waals surface area contributed by atoms with E-state index >= 15 is 0 Å². The highest BCUT2D eigenvalue weighted by Gasteiger charge is 1.60. The number of hydrogen-bond acceptors (Lipinski definition) is 0. The fraction of sp³-hybridized carbons (Fsp3) is 0.400. The van der Waals surface area contributed by atoms with Crippen LogP contribution in [0.3, 0.4) is 0 Å². The van der Waals surface area contributed by atoms with Crippen molar-refractivity contribution in [3.05, 3.63) is 18.6 Å². The van der Waals surface area contributed by atoms with Crippen molar-refractivity contribution in [2.75, 3.05) is 0 Å². The summed E-state index contributed by atoms with van der Waals surface area (Å²) in [7, 11) is 0. The van der Waals surface area contributed by atoms with E-state index < -0.39 is 0 Å². The Balaban J connectivity index is 0. The van der Waals surface area contributed by atoms with E-state index in [1.165, 1.54) is 5.57 Å². The first-order chi connectivity index (χ1) is 2.27. The Bertz CT molecular complexity index is 41.9. The summed E-state index contributed by atoms with van der Waals surface area (Å²) in [6.07, 6.45) is 1.83. The molecule has 0 aliphatic rings. The van der Waals surface area contributed by atoms with Crippen molar-refractivity contribution < 1.29 is 0 Å². The van der Waals surface area contributed by atoms with Crippen LogP contribution >= 0.6 is 0 Å². The average molecular weight is 99.1 g/mol. The van der Waals surface area contributed by atoms with E-state index in [1.54, 1.807) is 0 Å². The van der Waals surface area contributed by atoms with E-state index in [2.05, 4.69) is 6.92 Å². The number of hydrogen-bond donors (Lipinski definition) is 0. The van der Waals surface area contributed by atoms with Crippen LogP contribution in [0.25, 0.3) is 0 Å². The molecule has 0 fully saturated rings. The molecule has 0 nitrogen and oxygen atoms in total. The molecular formula is C5H12Al. The maximum atomic E-state index is 3.52. The summed E-state index contributed by atoms with van der Waals surface area (Å²) in [5.74, 6) is 0. The highest BCUT2D eigenvalue weighted by molar-refractivity contribution is 5.75. The minimum absolute atomic E-state index is 0. The summed E-state index contributed by atoms with van der Waals surface area (Å²) in [6.45, 7) is 7.56. The predicted molar refractivity (Wildman–Crippen MR) is 34.7 cm³/mol. The molecule has 0 heterocycles. The van der Waals surface area contributed by atoms with Crippen LogP contribution in [0.1, 0.15) is 13.8 Å². The summed E-state index contributed by atoms with van der Waals surface area (Å²) in [5, 5.41) is 0. The average Bonchev–Trinajstić information content (AvgIpc) is 1.38. The van der Waals surface area contributed by atoms with E-state index in [9.17, 15) is 0 Å². The van der Waals surface area contributed by atoms with Gasteiger partial charge in [-0.15, -0.1) is 0 Å². The molecule has 0 aromatic heterocycles. The van der Waals surface area contributed by atoms with Crippen molar-refractivity contribution in [1.29, 1.82) is 0 Å². The maximum absolute atomic E-state index is 3.52. The first-order valence-corrected chi connectivity index (χ1v) is 1.70. The molecule has 0 N–H and O–H groups in total. The van der Waals surface area contributed by atoms with Crippen LogP contribution in [0.15, 0.2) is 11.6 Å². The van der Waals surface area contributed by atoms with Crippen LogP contribution < -0.4 is 0 Å². The van der Waals surface area contributed by atoms with Crippen LogP contribution in [-0.4, -0.2) is 17.4 Å².